The van der Waals surface area contributed by atoms with Crippen LogP contribution in [0.2, 0.25) is 0 Å². The Labute approximate surface area is 164 Å². The maximum Gasteiger partial charge on any atom is 0.234 e. The molecule has 27 heavy (non-hydrogen) atoms. The summed E-state index contributed by atoms with van der Waals surface area (Å²) in [6.45, 7) is 9.30. The molecule has 144 valence electrons. The van der Waals surface area contributed by atoms with Crippen molar-refractivity contribution in [3.63, 3.8) is 0 Å². The molecule has 0 aliphatic carbocycles. The SMILES string of the molecule is Cc1nn(CC(C)C)c(C)c1CCC(=O)Nc1ccc2c(c1)NC(=O)CS2. The quantitative estimate of drug-likeness (QED) is 0.792. The van der Waals surface area contributed by atoms with Gasteiger partial charge in [-0.05, 0) is 49.9 Å². The molecule has 2 N–H and O–H groups in total. The highest BCUT2D eigenvalue weighted by molar-refractivity contribution is 8.00. The van der Waals surface area contributed by atoms with Crippen molar-refractivity contribution >= 4 is 35.0 Å². The number of carbonyl (C=O) groups is 2. The maximum absolute atomic E-state index is 12.4. The van der Waals surface area contributed by atoms with Gasteiger partial charge in [-0.25, -0.2) is 0 Å². The number of rotatable bonds is 6. The molecule has 1 aromatic heterocycles. The molecule has 7 heteroatoms. The minimum atomic E-state index is -0.0415. The van der Waals surface area contributed by atoms with Gasteiger partial charge in [-0.3, -0.25) is 14.3 Å². The van der Waals surface area contributed by atoms with Crippen LogP contribution in [-0.2, 0) is 22.6 Å². The number of nitrogens with one attached hydrogen (secondary N) is 2. The molecule has 0 unspecified atom stereocenters. The first-order valence-electron chi connectivity index (χ1n) is 9.23. The molecule has 0 fully saturated rings. The fourth-order valence-electron chi connectivity index (χ4n) is 3.24. The molecule has 1 aromatic carbocycles. The Morgan fingerprint density at radius 3 is 2.89 bits per heavy atom. The second kappa shape index (κ2) is 8.17. The average molecular weight is 387 g/mol. The first kappa shape index (κ1) is 19.5. The van der Waals surface area contributed by atoms with E-state index in [1.165, 1.54) is 11.8 Å². The zero-order chi connectivity index (χ0) is 19.6. The highest BCUT2D eigenvalue weighted by Gasteiger charge is 2.17. The minimum absolute atomic E-state index is 0.0136. The molecule has 1 aliphatic rings. The third-order valence-corrected chi connectivity index (χ3v) is 5.64. The monoisotopic (exact) mass is 386 g/mol. The molecule has 2 heterocycles. The number of aryl methyl sites for hydroxylation is 1. The number of fused-ring (bicyclic) bond motifs is 1. The lowest BCUT2D eigenvalue weighted by Gasteiger charge is -2.17. The van der Waals surface area contributed by atoms with Gasteiger partial charge in [-0.1, -0.05) is 13.8 Å². The molecular weight excluding hydrogens is 360 g/mol. The van der Waals surface area contributed by atoms with Crippen LogP contribution in [0.5, 0.6) is 0 Å². The van der Waals surface area contributed by atoms with E-state index >= 15 is 0 Å². The number of carbonyl (C=O) groups excluding carboxylic acids is 2. The van der Waals surface area contributed by atoms with Crippen LogP contribution in [0.15, 0.2) is 23.1 Å². The fraction of sp³-hybridized carbons (Fsp3) is 0.450. The molecule has 3 rings (SSSR count). The van der Waals surface area contributed by atoms with E-state index < -0.39 is 0 Å². The lowest BCUT2D eigenvalue weighted by Crippen LogP contribution is -2.19. The van der Waals surface area contributed by atoms with Crippen molar-refractivity contribution in [3.8, 4) is 0 Å². The van der Waals surface area contributed by atoms with Gasteiger partial charge in [0.1, 0.15) is 0 Å². The topological polar surface area (TPSA) is 76.0 Å². The molecule has 2 amide bonds. The number of aromatic nitrogens is 2. The van der Waals surface area contributed by atoms with Crippen molar-refractivity contribution in [2.75, 3.05) is 16.4 Å². The Hall–Kier alpha value is -2.28. The van der Waals surface area contributed by atoms with Crippen LogP contribution in [0.1, 0.15) is 37.2 Å². The molecule has 0 spiro atoms. The summed E-state index contributed by atoms with van der Waals surface area (Å²) in [5, 5.41) is 10.4. The zero-order valence-corrected chi connectivity index (χ0v) is 17.1. The molecule has 0 atom stereocenters. The molecule has 2 aromatic rings. The zero-order valence-electron chi connectivity index (χ0n) is 16.3. The van der Waals surface area contributed by atoms with Gasteiger partial charge in [-0.15, -0.1) is 11.8 Å². The van der Waals surface area contributed by atoms with Crippen molar-refractivity contribution in [1.29, 1.82) is 0 Å². The van der Waals surface area contributed by atoms with E-state index in [0.717, 1.165) is 34.1 Å². The summed E-state index contributed by atoms with van der Waals surface area (Å²) >= 11 is 1.51. The number of hydrogen-bond donors (Lipinski definition) is 2. The Morgan fingerprint density at radius 1 is 1.37 bits per heavy atom. The summed E-state index contributed by atoms with van der Waals surface area (Å²) in [4.78, 5) is 24.9. The van der Waals surface area contributed by atoms with Gasteiger partial charge >= 0.3 is 0 Å². The van der Waals surface area contributed by atoms with Gasteiger partial charge in [0.15, 0.2) is 0 Å². The third-order valence-electron chi connectivity index (χ3n) is 4.57. The van der Waals surface area contributed by atoms with Crippen molar-refractivity contribution < 1.29 is 9.59 Å². The number of amides is 2. The highest BCUT2D eigenvalue weighted by Crippen LogP contribution is 2.33. The molecule has 1 aliphatic heterocycles. The van der Waals surface area contributed by atoms with Crippen LogP contribution in [0.4, 0.5) is 11.4 Å². The van der Waals surface area contributed by atoms with Crippen LogP contribution < -0.4 is 10.6 Å². The normalized spacial score (nSPS) is 13.4. The smallest absolute Gasteiger partial charge is 0.234 e. The summed E-state index contributed by atoms with van der Waals surface area (Å²) in [6.07, 6.45) is 1.06. The Balaban J connectivity index is 1.61. The van der Waals surface area contributed by atoms with Crippen LogP contribution in [0, 0.1) is 19.8 Å². The summed E-state index contributed by atoms with van der Waals surface area (Å²) in [5.74, 6) is 0.907. The first-order valence-corrected chi connectivity index (χ1v) is 10.2. The van der Waals surface area contributed by atoms with E-state index in [9.17, 15) is 9.59 Å². The van der Waals surface area contributed by atoms with Crippen molar-refractivity contribution in [2.24, 2.45) is 5.92 Å². The second-order valence-corrected chi connectivity index (χ2v) is 8.34. The Bertz CT molecular complexity index is 873. The average Bonchev–Trinajstić information content (AvgIpc) is 2.85. The van der Waals surface area contributed by atoms with Gasteiger partial charge in [0.25, 0.3) is 0 Å². The molecule has 0 radical (unpaired) electrons. The Kier molecular flexibility index (Phi) is 5.89. The van der Waals surface area contributed by atoms with Crippen LogP contribution in [0.3, 0.4) is 0 Å². The lowest BCUT2D eigenvalue weighted by molar-refractivity contribution is -0.116. The summed E-state index contributed by atoms with van der Waals surface area (Å²) in [7, 11) is 0. The third kappa shape index (κ3) is 4.71. The number of benzene rings is 1. The van der Waals surface area contributed by atoms with Gasteiger partial charge < -0.3 is 10.6 Å². The van der Waals surface area contributed by atoms with Crippen molar-refractivity contribution in [2.45, 2.75) is 52.0 Å². The van der Waals surface area contributed by atoms with Crippen molar-refractivity contribution in [3.05, 3.63) is 35.2 Å². The minimum Gasteiger partial charge on any atom is -0.326 e. The number of anilines is 2. The lowest BCUT2D eigenvalue weighted by atomic mass is 10.1. The highest BCUT2D eigenvalue weighted by atomic mass is 32.2. The van der Waals surface area contributed by atoms with Crippen LogP contribution in [-0.4, -0.2) is 27.3 Å². The van der Waals surface area contributed by atoms with Gasteiger partial charge in [0.05, 0.1) is 17.1 Å². The summed E-state index contributed by atoms with van der Waals surface area (Å²) in [6, 6.07) is 5.62. The van der Waals surface area contributed by atoms with E-state index in [1.807, 2.05) is 29.8 Å². The van der Waals surface area contributed by atoms with E-state index in [0.29, 0.717) is 30.2 Å². The standard InChI is InChI=1S/C20H26N4O2S/c1-12(2)10-24-14(4)16(13(3)23-24)6-8-19(25)21-15-5-7-18-17(9-15)22-20(26)11-27-18/h5,7,9,12H,6,8,10-11H2,1-4H3,(H,21,25)(H,22,26). The molecule has 0 saturated heterocycles. The van der Waals surface area contributed by atoms with E-state index in [1.54, 1.807) is 0 Å². The van der Waals surface area contributed by atoms with Crippen LogP contribution in [0.25, 0.3) is 0 Å². The second-order valence-electron chi connectivity index (χ2n) is 7.32. The van der Waals surface area contributed by atoms with Crippen molar-refractivity contribution in [1.82, 2.24) is 9.78 Å². The van der Waals surface area contributed by atoms with E-state index in [2.05, 4.69) is 36.5 Å². The predicted molar refractivity (Wildman–Crippen MR) is 109 cm³/mol. The Morgan fingerprint density at radius 2 is 2.15 bits per heavy atom. The van der Waals surface area contributed by atoms with E-state index in [-0.39, 0.29) is 11.8 Å². The molecule has 0 saturated carbocycles. The van der Waals surface area contributed by atoms with Gasteiger partial charge in [-0.2, -0.15) is 5.10 Å². The summed E-state index contributed by atoms with van der Waals surface area (Å²) in [5.41, 5.74) is 4.75. The van der Waals surface area contributed by atoms with Gasteiger partial charge in [0.2, 0.25) is 11.8 Å². The molecule has 0 bridgehead atoms. The fourth-order valence-corrected chi connectivity index (χ4v) is 4.03. The van der Waals surface area contributed by atoms with Gasteiger partial charge in [0, 0.05) is 29.2 Å². The van der Waals surface area contributed by atoms with E-state index in [4.69, 9.17) is 0 Å². The maximum atomic E-state index is 12.4. The summed E-state index contributed by atoms with van der Waals surface area (Å²) < 4.78 is 2.04. The largest absolute Gasteiger partial charge is 0.326 e. The first-order chi connectivity index (χ1) is 12.8. The predicted octanol–water partition coefficient (Wildman–Crippen LogP) is 3.77. The number of thioether (sulfide) groups is 1. The number of hydrogen-bond acceptors (Lipinski definition) is 4. The molecular formula is C20H26N4O2S. The number of nitrogens with zero attached hydrogens (tertiary/aromatic N) is 2. The molecule has 6 nitrogen and oxygen atoms in total. The van der Waals surface area contributed by atoms with Crippen LogP contribution >= 0.6 is 11.8 Å².